The number of fused-ring (bicyclic) bond motifs is 1. The molecule has 1 aromatic heterocycles. The van der Waals surface area contributed by atoms with Crippen molar-refractivity contribution in [2.75, 3.05) is 26.7 Å². The van der Waals surface area contributed by atoms with Gasteiger partial charge in [0.05, 0.1) is 0 Å². The highest BCUT2D eigenvalue weighted by molar-refractivity contribution is 14.0. The minimum Gasteiger partial charge on any atom is -0.361 e. The molecular formula is C24H32IN5. The van der Waals surface area contributed by atoms with E-state index in [1.165, 1.54) is 22.0 Å². The number of nitrogens with zero attached hydrogens (tertiary/aromatic N) is 2. The molecule has 3 N–H and O–H groups in total. The molecular weight excluding hydrogens is 485 g/mol. The Morgan fingerprint density at radius 1 is 1.07 bits per heavy atom. The first-order chi connectivity index (χ1) is 14.3. The molecule has 0 aliphatic carbocycles. The van der Waals surface area contributed by atoms with Gasteiger partial charge in [-0.2, -0.15) is 0 Å². The van der Waals surface area contributed by atoms with Crippen LogP contribution in [0.3, 0.4) is 0 Å². The van der Waals surface area contributed by atoms with Crippen molar-refractivity contribution in [1.29, 1.82) is 0 Å². The molecule has 6 heteroatoms. The van der Waals surface area contributed by atoms with E-state index in [2.05, 4.69) is 86.3 Å². The van der Waals surface area contributed by atoms with Crippen molar-refractivity contribution in [3.05, 3.63) is 71.9 Å². The van der Waals surface area contributed by atoms with Crippen LogP contribution >= 0.6 is 24.0 Å². The Morgan fingerprint density at radius 2 is 1.80 bits per heavy atom. The van der Waals surface area contributed by atoms with Gasteiger partial charge in [0.15, 0.2) is 5.96 Å². The van der Waals surface area contributed by atoms with Gasteiger partial charge in [0, 0.05) is 56.4 Å². The highest BCUT2D eigenvalue weighted by atomic mass is 127. The molecule has 0 spiro atoms. The second-order valence-corrected chi connectivity index (χ2v) is 7.79. The Balaban J connectivity index is 0.00000256. The number of benzene rings is 2. The minimum absolute atomic E-state index is 0. The van der Waals surface area contributed by atoms with E-state index in [9.17, 15) is 0 Å². The SMILES string of the molecule is CN=C(NCCc1c[nH]c2ccccc12)NC1CCN(Cc2ccccc2)CC1.I. The number of likely N-dealkylation sites (tertiary alicyclic amines) is 1. The van der Waals surface area contributed by atoms with Crippen LogP contribution in [0.25, 0.3) is 10.9 Å². The zero-order valence-electron chi connectivity index (χ0n) is 17.6. The summed E-state index contributed by atoms with van der Waals surface area (Å²) >= 11 is 0. The molecule has 2 heterocycles. The fourth-order valence-corrected chi connectivity index (χ4v) is 4.12. The maximum atomic E-state index is 4.42. The molecule has 0 radical (unpaired) electrons. The van der Waals surface area contributed by atoms with Crippen LogP contribution in [0.4, 0.5) is 0 Å². The standard InChI is InChI=1S/C24H31N5.HI/c1-25-24(26-14-11-20-17-27-23-10-6-5-9-22(20)23)28-21-12-15-29(16-13-21)18-19-7-3-2-4-8-19;/h2-10,17,21,27H,11-16,18H2,1H3,(H2,25,26,28);1H. The number of para-hydroxylation sites is 1. The summed E-state index contributed by atoms with van der Waals surface area (Å²) < 4.78 is 0. The molecule has 0 unspecified atom stereocenters. The lowest BCUT2D eigenvalue weighted by Crippen LogP contribution is -2.48. The number of piperidine rings is 1. The summed E-state index contributed by atoms with van der Waals surface area (Å²) in [6, 6.07) is 19.7. The van der Waals surface area contributed by atoms with E-state index < -0.39 is 0 Å². The Labute approximate surface area is 196 Å². The largest absolute Gasteiger partial charge is 0.361 e. The fraction of sp³-hybridized carbons (Fsp3) is 0.375. The Morgan fingerprint density at radius 3 is 2.57 bits per heavy atom. The van der Waals surface area contributed by atoms with Crippen LogP contribution in [0.2, 0.25) is 0 Å². The molecule has 30 heavy (non-hydrogen) atoms. The summed E-state index contributed by atoms with van der Waals surface area (Å²) in [6.45, 7) is 4.16. The third-order valence-electron chi connectivity index (χ3n) is 5.76. The predicted molar refractivity (Wildman–Crippen MR) is 137 cm³/mol. The summed E-state index contributed by atoms with van der Waals surface area (Å²) in [5, 5.41) is 8.40. The predicted octanol–water partition coefficient (Wildman–Crippen LogP) is 4.16. The molecule has 0 bridgehead atoms. The Bertz CT molecular complexity index is 929. The first-order valence-electron chi connectivity index (χ1n) is 10.6. The van der Waals surface area contributed by atoms with Crippen LogP contribution in [-0.2, 0) is 13.0 Å². The van der Waals surface area contributed by atoms with Gasteiger partial charge in [-0.15, -0.1) is 24.0 Å². The van der Waals surface area contributed by atoms with Crippen LogP contribution < -0.4 is 10.6 Å². The van der Waals surface area contributed by atoms with E-state index >= 15 is 0 Å². The van der Waals surface area contributed by atoms with Crippen molar-refractivity contribution in [2.45, 2.75) is 31.8 Å². The molecule has 0 amide bonds. The second-order valence-electron chi connectivity index (χ2n) is 7.79. The van der Waals surface area contributed by atoms with Crippen molar-refractivity contribution in [2.24, 2.45) is 4.99 Å². The quantitative estimate of drug-likeness (QED) is 0.262. The molecule has 5 nitrogen and oxygen atoms in total. The van der Waals surface area contributed by atoms with Gasteiger partial charge in [-0.25, -0.2) is 0 Å². The lowest BCUT2D eigenvalue weighted by Gasteiger charge is -2.33. The number of rotatable bonds is 6. The lowest BCUT2D eigenvalue weighted by molar-refractivity contribution is 0.198. The number of H-pyrrole nitrogens is 1. The zero-order chi connectivity index (χ0) is 19.9. The van der Waals surface area contributed by atoms with E-state index in [1.54, 1.807) is 0 Å². The van der Waals surface area contributed by atoms with E-state index in [0.717, 1.165) is 51.4 Å². The van der Waals surface area contributed by atoms with Crippen LogP contribution in [0.15, 0.2) is 65.8 Å². The van der Waals surface area contributed by atoms with Gasteiger partial charge in [0.25, 0.3) is 0 Å². The van der Waals surface area contributed by atoms with Crippen LogP contribution in [-0.4, -0.2) is 48.6 Å². The topological polar surface area (TPSA) is 55.5 Å². The molecule has 3 aromatic rings. The van der Waals surface area contributed by atoms with Gasteiger partial charge in [-0.05, 0) is 36.5 Å². The van der Waals surface area contributed by atoms with Gasteiger partial charge in [0.2, 0.25) is 0 Å². The summed E-state index contributed by atoms with van der Waals surface area (Å²) in [4.78, 5) is 10.3. The zero-order valence-corrected chi connectivity index (χ0v) is 19.9. The van der Waals surface area contributed by atoms with Crippen molar-refractivity contribution >= 4 is 40.8 Å². The number of aromatic amines is 1. The van der Waals surface area contributed by atoms with Gasteiger partial charge < -0.3 is 15.6 Å². The van der Waals surface area contributed by atoms with Gasteiger partial charge >= 0.3 is 0 Å². The first-order valence-corrected chi connectivity index (χ1v) is 10.6. The van der Waals surface area contributed by atoms with Gasteiger partial charge in [-0.3, -0.25) is 9.89 Å². The smallest absolute Gasteiger partial charge is 0.191 e. The molecule has 2 aromatic carbocycles. The van der Waals surface area contributed by atoms with Crippen LogP contribution in [0.1, 0.15) is 24.0 Å². The van der Waals surface area contributed by atoms with Crippen LogP contribution in [0.5, 0.6) is 0 Å². The van der Waals surface area contributed by atoms with Crippen LogP contribution in [0, 0.1) is 0 Å². The summed E-state index contributed by atoms with van der Waals surface area (Å²) in [7, 11) is 1.85. The molecule has 160 valence electrons. The van der Waals surface area contributed by atoms with Gasteiger partial charge in [-0.1, -0.05) is 48.5 Å². The third kappa shape index (κ3) is 5.98. The second kappa shape index (κ2) is 11.4. The van der Waals surface area contributed by atoms with E-state index in [4.69, 9.17) is 0 Å². The van der Waals surface area contributed by atoms with Gasteiger partial charge in [0.1, 0.15) is 0 Å². The molecule has 1 saturated heterocycles. The first kappa shape index (κ1) is 22.6. The molecule has 4 rings (SSSR count). The molecule has 1 fully saturated rings. The average molecular weight is 517 g/mol. The fourth-order valence-electron chi connectivity index (χ4n) is 4.12. The maximum Gasteiger partial charge on any atom is 0.191 e. The highest BCUT2D eigenvalue weighted by Crippen LogP contribution is 2.18. The normalized spacial score (nSPS) is 15.7. The molecule has 1 aliphatic rings. The third-order valence-corrected chi connectivity index (χ3v) is 5.76. The number of halogens is 1. The van der Waals surface area contributed by atoms with Crippen molar-refractivity contribution in [3.63, 3.8) is 0 Å². The number of guanidine groups is 1. The number of nitrogens with one attached hydrogen (secondary N) is 3. The Hall–Kier alpha value is -2.06. The summed E-state index contributed by atoms with van der Waals surface area (Å²) in [6.07, 6.45) is 5.39. The summed E-state index contributed by atoms with van der Waals surface area (Å²) in [5.74, 6) is 0.909. The molecule has 0 atom stereocenters. The maximum absolute atomic E-state index is 4.42. The Kier molecular flexibility index (Phi) is 8.57. The number of hydrogen-bond donors (Lipinski definition) is 3. The number of aromatic nitrogens is 1. The number of aliphatic imine (C=N–C) groups is 1. The van der Waals surface area contributed by atoms with E-state index in [0.29, 0.717) is 6.04 Å². The van der Waals surface area contributed by atoms with Crippen molar-refractivity contribution < 1.29 is 0 Å². The van der Waals surface area contributed by atoms with Crippen molar-refractivity contribution in [1.82, 2.24) is 20.5 Å². The molecule has 1 aliphatic heterocycles. The lowest BCUT2D eigenvalue weighted by atomic mass is 10.0. The number of hydrogen-bond acceptors (Lipinski definition) is 2. The summed E-state index contributed by atoms with van der Waals surface area (Å²) in [5.41, 5.74) is 3.94. The average Bonchev–Trinajstić information content (AvgIpc) is 3.18. The van der Waals surface area contributed by atoms with E-state index in [1.807, 2.05) is 7.05 Å². The van der Waals surface area contributed by atoms with Crippen molar-refractivity contribution in [3.8, 4) is 0 Å². The highest BCUT2D eigenvalue weighted by Gasteiger charge is 2.20. The van der Waals surface area contributed by atoms with E-state index in [-0.39, 0.29) is 24.0 Å². The minimum atomic E-state index is 0. The molecule has 0 saturated carbocycles. The monoisotopic (exact) mass is 517 g/mol.